The standard InChI is InChI=1S/C16H15Cl2FN2O/c1-21-11(6-14(17)15(21)18)8-20-16(22)13-7-12(13)9-2-4-10(19)5-3-9/h2-6,12-13H,7-8H2,1H3,(H,20,22). The maximum absolute atomic E-state index is 12.9. The Labute approximate surface area is 138 Å². The van der Waals surface area contributed by atoms with Crippen LogP contribution in [-0.2, 0) is 18.4 Å². The van der Waals surface area contributed by atoms with Crippen LogP contribution in [0.15, 0.2) is 30.3 Å². The summed E-state index contributed by atoms with van der Waals surface area (Å²) in [5.74, 6) is -0.122. The lowest BCUT2D eigenvalue weighted by Gasteiger charge is -2.07. The van der Waals surface area contributed by atoms with E-state index in [4.69, 9.17) is 23.2 Å². The van der Waals surface area contributed by atoms with Crippen molar-refractivity contribution in [2.24, 2.45) is 13.0 Å². The fourth-order valence-corrected chi connectivity index (χ4v) is 3.05. The van der Waals surface area contributed by atoms with Gasteiger partial charge in [0.25, 0.3) is 0 Å². The summed E-state index contributed by atoms with van der Waals surface area (Å²) in [4.78, 5) is 12.2. The third-order valence-corrected chi connectivity index (χ3v) is 4.93. The molecule has 1 N–H and O–H groups in total. The minimum atomic E-state index is -0.261. The van der Waals surface area contributed by atoms with Crippen molar-refractivity contribution in [3.63, 3.8) is 0 Å². The molecule has 2 aromatic rings. The minimum absolute atomic E-state index is 0.00256. The average Bonchev–Trinajstić information content (AvgIpc) is 3.26. The van der Waals surface area contributed by atoms with Gasteiger partial charge in [0.1, 0.15) is 11.0 Å². The van der Waals surface area contributed by atoms with Gasteiger partial charge < -0.3 is 9.88 Å². The van der Waals surface area contributed by atoms with E-state index >= 15 is 0 Å². The van der Waals surface area contributed by atoms with Gasteiger partial charge in [0.05, 0.1) is 11.6 Å². The predicted molar refractivity (Wildman–Crippen MR) is 84.5 cm³/mol. The number of hydrogen-bond acceptors (Lipinski definition) is 1. The second-order valence-corrected chi connectivity index (χ2v) is 6.32. The van der Waals surface area contributed by atoms with Crippen LogP contribution in [0.3, 0.4) is 0 Å². The van der Waals surface area contributed by atoms with Crippen LogP contribution in [0.5, 0.6) is 0 Å². The normalized spacial score (nSPS) is 20.0. The van der Waals surface area contributed by atoms with Crippen molar-refractivity contribution in [3.05, 3.63) is 57.6 Å². The molecule has 1 aromatic carbocycles. The first-order chi connectivity index (χ1) is 10.5. The Kier molecular flexibility index (Phi) is 4.15. The van der Waals surface area contributed by atoms with Crippen LogP contribution in [0.2, 0.25) is 10.2 Å². The summed E-state index contributed by atoms with van der Waals surface area (Å²) in [6.45, 7) is 0.383. The first-order valence-corrected chi connectivity index (χ1v) is 7.75. The predicted octanol–water partition coefficient (Wildman–Crippen LogP) is 3.89. The maximum Gasteiger partial charge on any atom is 0.224 e. The van der Waals surface area contributed by atoms with Gasteiger partial charge in [-0.1, -0.05) is 35.3 Å². The molecule has 2 atom stereocenters. The van der Waals surface area contributed by atoms with Gasteiger partial charge in [-0.25, -0.2) is 4.39 Å². The first kappa shape index (κ1) is 15.4. The molecular formula is C16H15Cl2FN2O. The molecule has 3 rings (SSSR count). The van der Waals surface area contributed by atoms with Crippen molar-refractivity contribution in [2.75, 3.05) is 0 Å². The van der Waals surface area contributed by atoms with Crippen molar-refractivity contribution in [3.8, 4) is 0 Å². The molecule has 0 saturated heterocycles. The van der Waals surface area contributed by atoms with Gasteiger partial charge in [-0.15, -0.1) is 0 Å². The summed E-state index contributed by atoms with van der Waals surface area (Å²) < 4.78 is 14.6. The van der Waals surface area contributed by atoms with Gasteiger partial charge in [0, 0.05) is 18.7 Å². The SMILES string of the molecule is Cn1c(CNC(=O)C2CC2c2ccc(F)cc2)cc(Cl)c1Cl. The molecule has 1 saturated carbocycles. The summed E-state index contributed by atoms with van der Waals surface area (Å²) >= 11 is 11.9. The number of amides is 1. The molecule has 1 aliphatic carbocycles. The molecule has 0 bridgehead atoms. The van der Waals surface area contributed by atoms with Crippen LogP contribution in [0.1, 0.15) is 23.6 Å². The van der Waals surface area contributed by atoms with Crippen molar-refractivity contribution >= 4 is 29.1 Å². The van der Waals surface area contributed by atoms with Crippen molar-refractivity contribution < 1.29 is 9.18 Å². The van der Waals surface area contributed by atoms with E-state index in [1.54, 1.807) is 29.8 Å². The summed E-state index contributed by atoms with van der Waals surface area (Å²) in [6, 6.07) is 8.08. The first-order valence-electron chi connectivity index (χ1n) is 7.00. The van der Waals surface area contributed by atoms with E-state index in [0.29, 0.717) is 16.7 Å². The molecule has 1 aromatic heterocycles. The smallest absolute Gasteiger partial charge is 0.224 e. The highest BCUT2D eigenvalue weighted by Crippen LogP contribution is 2.47. The number of carbonyl (C=O) groups is 1. The molecule has 1 amide bonds. The Bertz CT molecular complexity index is 712. The summed E-state index contributed by atoms with van der Waals surface area (Å²) in [5, 5.41) is 3.84. The van der Waals surface area contributed by atoms with E-state index in [0.717, 1.165) is 17.7 Å². The fraction of sp³-hybridized carbons (Fsp3) is 0.312. The van der Waals surface area contributed by atoms with Crippen LogP contribution >= 0.6 is 23.2 Å². The number of halogens is 3. The van der Waals surface area contributed by atoms with Crippen LogP contribution in [0, 0.1) is 11.7 Å². The third-order valence-electron chi connectivity index (χ3n) is 4.08. The lowest BCUT2D eigenvalue weighted by Crippen LogP contribution is -2.25. The number of nitrogens with zero attached hydrogens (tertiary/aromatic N) is 1. The van der Waals surface area contributed by atoms with Crippen molar-refractivity contribution in [1.82, 2.24) is 9.88 Å². The van der Waals surface area contributed by atoms with Gasteiger partial charge in [-0.3, -0.25) is 4.79 Å². The molecule has 1 aliphatic rings. The molecule has 1 fully saturated rings. The van der Waals surface area contributed by atoms with Gasteiger partial charge in [0.15, 0.2) is 0 Å². The highest BCUT2D eigenvalue weighted by molar-refractivity contribution is 6.41. The minimum Gasteiger partial charge on any atom is -0.350 e. The lowest BCUT2D eigenvalue weighted by molar-refractivity contribution is -0.122. The highest BCUT2D eigenvalue weighted by atomic mass is 35.5. The molecule has 2 unspecified atom stereocenters. The molecule has 1 heterocycles. The zero-order chi connectivity index (χ0) is 15.9. The summed E-state index contributed by atoms with van der Waals surface area (Å²) in [5.41, 5.74) is 1.86. The van der Waals surface area contributed by atoms with Crippen molar-refractivity contribution in [1.29, 1.82) is 0 Å². The Balaban J connectivity index is 1.57. The van der Waals surface area contributed by atoms with Gasteiger partial charge in [0.2, 0.25) is 5.91 Å². The Morgan fingerprint density at radius 1 is 1.36 bits per heavy atom. The largest absolute Gasteiger partial charge is 0.350 e. The van der Waals surface area contributed by atoms with E-state index in [1.807, 2.05) is 0 Å². The van der Waals surface area contributed by atoms with Crippen LogP contribution in [-0.4, -0.2) is 10.5 Å². The average molecular weight is 341 g/mol. The van der Waals surface area contributed by atoms with Gasteiger partial charge in [-0.05, 0) is 36.1 Å². The van der Waals surface area contributed by atoms with Crippen LogP contribution in [0.25, 0.3) is 0 Å². The Morgan fingerprint density at radius 2 is 2.05 bits per heavy atom. The quantitative estimate of drug-likeness (QED) is 0.899. The van der Waals surface area contributed by atoms with Crippen LogP contribution in [0.4, 0.5) is 4.39 Å². The van der Waals surface area contributed by atoms with E-state index in [1.165, 1.54) is 12.1 Å². The Hall–Kier alpha value is -1.52. The molecule has 6 heteroatoms. The maximum atomic E-state index is 12.9. The van der Waals surface area contributed by atoms with Gasteiger partial charge >= 0.3 is 0 Å². The zero-order valence-corrected chi connectivity index (χ0v) is 13.5. The summed E-state index contributed by atoms with van der Waals surface area (Å²) in [7, 11) is 1.80. The number of carbonyl (C=O) groups excluding carboxylic acids is 1. The fourth-order valence-electron chi connectivity index (χ4n) is 2.63. The van der Waals surface area contributed by atoms with E-state index < -0.39 is 0 Å². The monoisotopic (exact) mass is 340 g/mol. The van der Waals surface area contributed by atoms with E-state index in [9.17, 15) is 9.18 Å². The number of rotatable bonds is 4. The molecule has 3 nitrogen and oxygen atoms in total. The molecular weight excluding hydrogens is 326 g/mol. The third kappa shape index (κ3) is 2.99. The summed E-state index contributed by atoms with van der Waals surface area (Å²) in [6.07, 6.45) is 0.798. The second-order valence-electron chi connectivity index (χ2n) is 5.55. The van der Waals surface area contributed by atoms with Gasteiger partial charge in [-0.2, -0.15) is 0 Å². The number of aromatic nitrogens is 1. The number of nitrogens with one attached hydrogen (secondary N) is 1. The molecule has 22 heavy (non-hydrogen) atoms. The second kappa shape index (κ2) is 5.94. The van der Waals surface area contributed by atoms with E-state index in [2.05, 4.69) is 5.32 Å². The molecule has 0 radical (unpaired) electrons. The number of benzene rings is 1. The Morgan fingerprint density at radius 3 is 2.64 bits per heavy atom. The molecule has 0 aliphatic heterocycles. The molecule has 0 spiro atoms. The molecule has 116 valence electrons. The van der Waals surface area contributed by atoms with E-state index in [-0.39, 0.29) is 23.6 Å². The van der Waals surface area contributed by atoms with Crippen LogP contribution < -0.4 is 5.32 Å². The number of hydrogen-bond donors (Lipinski definition) is 1. The van der Waals surface area contributed by atoms with Crippen molar-refractivity contribution in [2.45, 2.75) is 18.9 Å². The topological polar surface area (TPSA) is 34.0 Å². The lowest BCUT2D eigenvalue weighted by atomic mass is 10.1. The zero-order valence-electron chi connectivity index (χ0n) is 11.9. The highest BCUT2D eigenvalue weighted by Gasteiger charge is 2.43.